The van der Waals surface area contributed by atoms with E-state index in [9.17, 15) is 9.90 Å². The van der Waals surface area contributed by atoms with E-state index in [1.165, 1.54) is 0 Å². The number of hydrogen-bond acceptors (Lipinski definition) is 2. The lowest BCUT2D eigenvalue weighted by molar-refractivity contribution is -0.131. The van der Waals surface area contributed by atoms with Crippen LogP contribution >= 0.6 is 0 Å². The second-order valence-electron chi connectivity index (χ2n) is 5.94. The lowest BCUT2D eigenvalue weighted by Gasteiger charge is -2.22. The van der Waals surface area contributed by atoms with Gasteiger partial charge in [-0.05, 0) is 31.2 Å². The number of hydrogen-bond donors (Lipinski definition) is 1. The van der Waals surface area contributed by atoms with Crippen molar-refractivity contribution in [2.24, 2.45) is 11.8 Å². The van der Waals surface area contributed by atoms with Crippen molar-refractivity contribution in [3.8, 4) is 0 Å². The maximum Gasteiger partial charge on any atom is 0.229 e. The van der Waals surface area contributed by atoms with Crippen LogP contribution in [0.3, 0.4) is 0 Å². The molecule has 1 saturated heterocycles. The molecular weight excluding hydrogens is 238 g/mol. The zero-order valence-electron chi connectivity index (χ0n) is 11.3. The third-order valence-electron chi connectivity index (χ3n) is 4.80. The van der Waals surface area contributed by atoms with Crippen LogP contribution in [0.5, 0.6) is 0 Å². The van der Waals surface area contributed by atoms with Crippen LogP contribution in [-0.2, 0) is 4.79 Å². The minimum absolute atomic E-state index is 0.0860. The molecule has 0 radical (unpaired) electrons. The van der Waals surface area contributed by atoms with Crippen molar-refractivity contribution in [2.45, 2.75) is 31.8 Å². The van der Waals surface area contributed by atoms with Crippen LogP contribution in [0.2, 0.25) is 0 Å². The average molecular weight is 259 g/mol. The highest BCUT2D eigenvalue weighted by Gasteiger charge is 2.43. The predicted molar refractivity (Wildman–Crippen MR) is 73.7 cm³/mol. The molecule has 0 aromatic heterocycles. The topological polar surface area (TPSA) is 40.5 Å². The molecular formula is C16H21NO2. The average Bonchev–Trinajstić information content (AvgIpc) is 3.01. The van der Waals surface area contributed by atoms with Crippen molar-refractivity contribution in [3.63, 3.8) is 0 Å². The standard InChI is InChI=1S/C16H21NO2/c1-11(12-5-3-2-4-6-12)16(19)17-9-13-7-8-15(18)14(13)10-17/h2-6,11,13-15,18H,7-10H2,1H3. The lowest BCUT2D eigenvalue weighted by Crippen LogP contribution is -2.34. The number of carbonyl (C=O) groups is 1. The van der Waals surface area contributed by atoms with Crippen LogP contribution in [0, 0.1) is 11.8 Å². The molecule has 0 spiro atoms. The second-order valence-corrected chi connectivity index (χ2v) is 5.94. The SMILES string of the molecule is CC(C(=O)N1CC2CCC(O)C2C1)c1ccccc1. The Labute approximate surface area is 114 Å². The van der Waals surface area contributed by atoms with E-state index >= 15 is 0 Å². The molecule has 1 N–H and O–H groups in total. The minimum atomic E-state index is -0.199. The molecule has 102 valence electrons. The fourth-order valence-corrected chi connectivity index (χ4v) is 3.57. The summed E-state index contributed by atoms with van der Waals surface area (Å²) in [6.07, 6.45) is 1.77. The molecule has 1 amide bonds. The summed E-state index contributed by atoms with van der Waals surface area (Å²) >= 11 is 0. The Bertz CT molecular complexity index is 459. The predicted octanol–water partition coefficient (Wildman–Crippen LogP) is 2.02. The van der Waals surface area contributed by atoms with E-state index in [2.05, 4.69) is 0 Å². The fraction of sp³-hybridized carbons (Fsp3) is 0.562. The smallest absolute Gasteiger partial charge is 0.229 e. The molecule has 1 saturated carbocycles. The number of benzene rings is 1. The highest BCUT2D eigenvalue weighted by molar-refractivity contribution is 5.83. The molecule has 4 unspecified atom stereocenters. The summed E-state index contributed by atoms with van der Waals surface area (Å²) in [5, 5.41) is 9.92. The van der Waals surface area contributed by atoms with E-state index in [1.54, 1.807) is 0 Å². The molecule has 3 rings (SSSR count). The first-order valence-electron chi connectivity index (χ1n) is 7.18. The molecule has 4 atom stereocenters. The van der Waals surface area contributed by atoms with Crippen LogP contribution in [0.4, 0.5) is 0 Å². The molecule has 0 bridgehead atoms. The van der Waals surface area contributed by atoms with Crippen LogP contribution < -0.4 is 0 Å². The molecule has 1 aliphatic heterocycles. The largest absolute Gasteiger partial charge is 0.393 e. The molecule has 1 aliphatic carbocycles. The highest BCUT2D eigenvalue weighted by atomic mass is 16.3. The van der Waals surface area contributed by atoms with Gasteiger partial charge in [0.2, 0.25) is 5.91 Å². The van der Waals surface area contributed by atoms with Crippen molar-refractivity contribution in [1.82, 2.24) is 4.90 Å². The van der Waals surface area contributed by atoms with Crippen LogP contribution in [0.15, 0.2) is 30.3 Å². The first-order valence-corrected chi connectivity index (χ1v) is 7.18. The number of amides is 1. The Morgan fingerprint density at radius 3 is 2.68 bits per heavy atom. The van der Waals surface area contributed by atoms with E-state index in [0.717, 1.165) is 31.5 Å². The summed E-state index contributed by atoms with van der Waals surface area (Å²) in [5.74, 6) is 0.943. The van der Waals surface area contributed by atoms with Crippen molar-refractivity contribution < 1.29 is 9.90 Å². The van der Waals surface area contributed by atoms with Crippen LogP contribution in [0.1, 0.15) is 31.2 Å². The highest BCUT2D eigenvalue weighted by Crippen LogP contribution is 2.39. The summed E-state index contributed by atoms with van der Waals surface area (Å²) in [7, 11) is 0. The number of likely N-dealkylation sites (tertiary alicyclic amines) is 1. The molecule has 19 heavy (non-hydrogen) atoms. The summed E-state index contributed by atoms with van der Waals surface area (Å²) in [5.41, 5.74) is 1.07. The van der Waals surface area contributed by atoms with Gasteiger partial charge in [0, 0.05) is 19.0 Å². The normalized spacial score (nSPS) is 31.3. The Hall–Kier alpha value is -1.35. The third-order valence-corrected chi connectivity index (χ3v) is 4.80. The number of fused-ring (bicyclic) bond motifs is 1. The quantitative estimate of drug-likeness (QED) is 0.882. The molecule has 2 aliphatic rings. The van der Waals surface area contributed by atoms with Gasteiger partial charge >= 0.3 is 0 Å². The monoisotopic (exact) mass is 259 g/mol. The zero-order chi connectivity index (χ0) is 13.4. The van der Waals surface area contributed by atoms with Gasteiger partial charge in [0.15, 0.2) is 0 Å². The van der Waals surface area contributed by atoms with Gasteiger partial charge in [-0.3, -0.25) is 4.79 Å². The maximum absolute atomic E-state index is 12.5. The molecule has 1 aromatic rings. The van der Waals surface area contributed by atoms with Gasteiger partial charge in [-0.15, -0.1) is 0 Å². The Morgan fingerprint density at radius 1 is 1.26 bits per heavy atom. The first kappa shape index (κ1) is 12.7. The molecule has 2 fully saturated rings. The van der Waals surface area contributed by atoms with E-state index in [1.807, 2.05) is 42.2 Å². The maximum atomic E-state index is 12.5. The van der Waals surface area contributed by atoms with E-state index in [0.29, 0.717) is 11.8 Å². The fourth-order valence-electron chi connectivity index (χ4n) is 3.57. The summed E-state index contributed by atoms with van der Waals surface area (Å²) in [6, 6.07) is 9.93. The Morgan fingerprint density at radius 2 is 2.00 bits per heavy atom. The first-order chi connectivity index (χ1) is 9.16. The number of carbonyl (C=O) groups excluding carboxylic acids is 1. The third kappa shape index (κ3) is 2.27. The van der Waals surface area contributed by atoms with Crippen molar-refractivity contribution in [1.29, 1.82) is 0 Å². The lowest BCUT2D eigenvalue weighted by atomic mass is 9.99. The van der Waals surface area contributed by atoms with Gasteiger partial charge in [-0.25, -0.2) is 0 Å². The number of aliphatic hydroxyl groups excluding tert-OH is 1. The van der Waals surface area contributed by atoms with Gasteiger partial charge in [0.25, 0.3) is 0 Å². The summed E-state index contributed by atoms with van der Waals surface area (Å²) < 4.78 is 0. The molecule has 3 heteroatoms. The Balaban J connectivity index is 1.69. The second kappa shape index (κ2) is 4.97. The van der Waals surface area contributed by atoms with E-state index in [-0.39, 0.29) is 17.9 Å². The number of aliphatic hydroxyl groups is 1. The number of rotatable bonds is 2. The van der Waals surface area contributed by atoms with Crippen molar-refractivity contribution >= 4 is 5.91 Å². The van der Waals surface area contributed by atoms with E-state index in [4.69, 9.17) is 0 Å². The minimum Gasteiger partial charge on any atom is -0.393 e. The number of nitrogens with zero attached hydrogens (tertiary/aromatic N) is 1. The molecule has 1 heterocycles. The molecule has 1 aromatic carbocycles. The van der Waals surface area contributed by atoms with Crippen molar-refractivity contribution in [2.75, 3.05) is 13.1 Å². The van der Waals surface area contributed by atoms with Gasteiger partial charge in [0.05, 0.1) is 12.0 Å². The van der Waals surface area contributed by atoms with Crippen LogP contribution in [-0.4, -0.2) is 35.1 Å². The zero-order valence-corrected chi connectivity index (χ0v) is 11.3. The summed E-state index contributed by atoms with van der Waals surface area (Å²) in [4.78, 5) is 14.5. The summed E-state index contributed by atoms with van der Waals surface area (Å²) in [6.45, 7) is 3.54. The van der Waals surface area contributed by atoms with E-state index < -0.39 is 0 Å². The Kier molecular flexibility index (Phi) is 3.31. The van der Waals surface area contributed by atoms with Gasteiger partial charge in [-0.2, -0.15) is 0 Å². The van der Waals surface area contributed by atoms with Gasteiger partial charge < -0.3 is 10.0 Å². The van der Waals surface area contributed by atoms with Gasteiger partial charge in [0.1, 0.15) is 0 Å². The molecule has 3 nitrogen and oxygen atoms in total. The van der Waals surface area contributed by atoms with Crippen molar-refractivity contribution in [3.05, 3.63) is 35.9 Å². The van der Waals surface area contributed by atoms with Crippen LogP contribution in [0.25, 0.3) is 0 Å². The van der Waals surface area contributed by atoms with Gasteiger partial charge in [-0.1, -0.05) is 30.3 Å².